The molecule has 0 bridgehead atoms. The molecule has 3 heterocycles. The van der Waals surface area contributed by atoms with Gasteiger partial charge in [-0.2, -0.15) is 0 Å². The highest BCUT2D eigenvalue weighted by Crippen LogP contribution is 2.30. The molecule has 204 valence electrons. The van der Waals surface area contributed by atoms with E-state index in [1.165, 1.54) is 21.8 Å². The van der Waals surface area contributed by atoms with Gasteiger partial charge in [0, 0.05) is 31.3 Å². The van der Waals surface area contributed by atoms with Crippen molar-refractivity contribution in [1.29, 1.82) is 0 Å². The maximum absolute atomic E-state index is 14.4. The summed E-state index contributed by atoms with van der Waals surface area (Å²) in [5, 5.41) is 3.76. The predicted molar refractivity (Wildman–Crippen MR) is 146 cm³/mol. The summed E-state index contributed by atoms with van der Waals surface area (Å²) in [6, 6.07) is 13.5. The van der Waals surface area contributed by atoms with Gasteiger partial charge in [0.2, 0.25) is 0 Å². The van der Waals surface area contributed by atoms with Gasteiger partial charge in [0.25, 0.3) is 11.5 Å². The van der Waals surface area contributed by atoms with Gasteiger partial charge in [-0.1, -0.05) is 35.5 Å². The molecular formula is C29H27FN6O4. The first-order chi connectivity index (χ1) is 19.3. The van der Waals surface area contributed by atoms with Gasteiger partial charge in [-0.3, -0.25) is 18.7 Å². The number of carbonyl (C=O) groups is 1. The number of rotatable bonds is 8. The number of halogens is 1. The molecule has 0 atom stereocenters. The Kier molecular flexibility index (Phi) is 6.41. The first-order valence-electron chi connectivity index (χ1n) is 13.0. The number of amides is 1. The molecule has 1 aliphatic rings. The molecule has 40 heavy (non-hydrogen) atoms. The van der Waals surface area contributed by atoms with Crippen LogP contribution < -0.4 is 16.1 Å². The molecule has 1 amide bonds. The van der Waals surface area contributed by atoms with Crippen LogP contribution in [0.15, 0.2) is 68.9 Å². The zero-order valence-electron chi connectivity index (χ0n) is 22.1. The van der Waals surface area contributed by atoms with E-state index in [4.69, 9.17) is 4.52 Å². The number of aromatic nitrogens is 5. The summed E-state index contributed by atoms with van der Waals surface area (Å²) in [6.45, 7) is 2.00. The molecule has 3 aromatic heterocycles. The lowest BCUT2D eigenvalue weighted by molar-refractivity contribution is 0.0992. The summed E-state index contributed by atoms with van der Waals surface area (Å²) in [7, 11) is 1.68. The molecule has 0 radical (unpaired) electrons. The lowest BCUT2D eigenvalue weighted by atomic mass is 10.1. The van der Waals surface area contributed by atoms with Crippen molar-refractivity contribution in [1.82, 2.24) is 24.3 Å². The Bertz CT molecular complexity index is 1850. The van der Waals surface area contributed by atoms with Crippen LogP contribution in [0.5, 0.6) is 0 Å². The van der Waals surface area contributed by atoms with Gasteiger partial charge >= 0.3 is 5.69 Å². The zero-order valence-corrected chi connectivity index (χ0v) is 22.1. The van der Waals surface area contributed by atoms with Gasteiger partial charge < -0.3 is 14.4 Å². The lowest BCUT2D eigenvalue weighted by Gasteiger charge is -2.17. The molecule has 2 aromatic carbocycles. The molecule has 6 rings (SSSR count). The minimum Gasteiger partial charge on any atom is -0.364 e. The number of aryl methyl sites for hydroxylation is 1. The van der Waals surface area contributed by atoms with Crippen LogP contribution in [0.25, 0.3) is 11.2 Å². The average Bonchev–Trinajstić information content (AvgIpc) is 3.52. The monoisotopic (exact) mass is 542 g/mol. The summed E-state index contributed by atoms with van der Waals surface area (Å²) in [4.78, 5) is 48.9. The van der Waals surface area contributed by atoms with Crippen molar-refractivity contribution >= 4 is 22.8 Å². The van der Waals surface area contributed by atoms with Crippen LogP contribution >= 0.6 is 0 Å². The van der Waals surface area contributed by atoms with Crippen molar-refractivity contribution in [3.05, 3.63) is 110 Å². The highest BCUT2D eigenvalue weighted by molar-refractivity contribution is 6.06. The van der Waals surface area contributed by atoms with Gasteiger partial charge in [0.1, 0.15) is 29.0 Å². The molecule has 5 aromatic rings. The standard InChI is InChI=1S/C29H27FN6O4/c1-17-22(16-40-33-17)27(37)34(2)21-11-9-18(10-12-21)13-24-31-25-26(32-24)35(14-19-7-8-19)29(39)36(28(25)38)15-20-5-3-4-6-23(20)30/h3-6,9-12,16,19H,7-8,13-15H2,1-2H3,(H,31,32). The van der Waals surface area contributed by atoms with Crippen molar-refractivity contribution in [3.8, 4) is 0 Å². The fourth-order valence-corrected chi connectivity index (χ4v) is 4.78. The first-order valence-corrected chi connectivity index (χ1v) is 13.0. The maximum atomic E-state index is 14.4. The SMILES string of the molecule is Cc1nocc1C(=O)N(C)c1ccc(Cc2nc3c([nH]2)c(=O)n(Cc2ccccc2F)c(=O)n3CC2CC2)cc1. The smallest absolute Gasteiger partial charge is 0.333 e. The number of hydrogen-bond donors (Lipinski definition) is 1. The van der Waals surface area contributed by atoms with Gasteiger partial charge in [-0.25, -0.2) is 14.2 Å². The van der Waals surface area contributed by atoms with Crippen LogP contribution in [0.2, 0.25) is 0 Å². The Labute approximate surface area is 227 Å². The third-order valence-electron chi connectivity index (χ3n) is 7.31. The second-order valence-electron chi connectivity index (χ2n) is 10.2. The molecule has 0 spiro atoms. The van der Waals surface area contributed by atoms with E-state index in [0.29, 0.717) is 47.3 Å². The van der Waals surface area contributed by atoms with E-state index in [9.17, 15) is 18.8 Å². The molecular weight excluding hydrogens is 515 g/mol. The number of nitrogens with one attached hydrogen (secondary N) is 1. The van der Waals surface area contributed by atoms with Crippen LogP contribution in [0.3, 0.4) is 0 Å². The molecule has 1 fully saturated rings. The molecule has 1 saturated carbocycles. The van der Waals surface area contributed by atoms with E-state index in [2.05, 4.69) is 15.1 Å². The summed E-state index contributed by atoms with van der Waals surface area (Å²) in [6.07, 6.45) is 3.73. The zero-order chi connectivity index (χ0) is 28.0. The van der Waals surface area contributed by atoms with E-state index in [0.717, 1.165) is 23.0 Å². The van der Waals surface area contributed by atoms with E-state index in [-0.39, 0.29) is 23.5 Å². The van der Waals surface area contributed by atoms with Crippen LogP contribution in [0.4, 0.5) is 10.1 Å². The second kappa shape index (κ2) is 10.1. The Hall–Kier alpha value is -4.80. The Morgan fingerprint density at radius 2 is 1.88 bits per heavy atom. The summed E-state index contributed by atoms with van der Waals surface area (Å²) in [5.74, 6) is 0.177. The molecule has 0 saturated heterocycles. The van der Waals surface area contributed by atoms with E-state index in [1.54, 1.807) is 32.2 Å². The van der Waals surface area contributed by atoms with Gasteiger partial charge in [-0.15, -0.1) is 0 Å². The summed E-state index contributed by atoms with van der Waals surface area (Å²) in [5.41, 5.74) is 2.27. The minimum atomic E-state index is -0.534. The van der Waals surface area contributed by atoms with Crippen LogP contribution in [0.1, 0.15) is 45.8 Å². The third kappa shape index (κ3) is 4.74. The Balaban J connectivity index is 1.30. The fraction of sp³-hybridized carbons (Fsp3) is 0.276. The van der Waals surface area contributed by atoms with Crippen molar-refractivity contribution in [2.24, 2.45) is 5.92 Å². The number of carbonyl (C=O) groups excluding carboxylic acids is 1. The number of aromatic amines is 1. The average molecular weight is 543 g/mol. The van der Waals surface area contributed by atoms with Crippen molar-refractivity contribution in [3.63, 3.8) is 0 Å². The molecule has 1 aliphatic carbocycles. The topological polar surface area (TPSA) is 119 Å². The van der Waals surface area contributed by atoms with Crippen molar-refractivity contribution < 1.29 is 13.7 Å². The van der Waals surface area contributed by atoms with Crippen molar-refractivity contribution in [2.75, 3.05) is 11.9 Å². The summed E-state index contributed by atoms with van der Waals surface area (Å²) >= 11 is 0. The molecule has 0 unspecified atom stereocenters. The lowest BCUT2D eigenvalue weighted by Crippen LogP contribution is -2.40. The van der Waals surface area contributed by atoms with Gasteiger partial charge in [0.05, 0.1) is 12.2 Å². The number of fused-ring (bicyclic) bond motifs is 1. The highest BCUT2D eigenvalue weighted by Gasteiger charge is 2.26. The molecule has 10 nitrogen and oxygen atoms in total. The number of benzene rings is 2. The number of imidazole rings is 1. The van der Waals surface area contributed by atoms with Crippen LogP contribution in [-0.4, -0.2) is 37.2 Å². The molecule has 1 N–H and O–H groups in total. The number of hydrogen-bond acceptors (Lipinski definition) is 6. The number of H-pyrrole nitrogens is 1. The maximum Gasteiger partial charge on any atom is 0.333 e. The van der Waals surface area contributed by atoms with Crippen molar-refractivity contribution in [2.45, 2.75) is 39.3 Å². The van der Waals surface area contributed by atoms with Gasteiger partial charge in [-0.05, 0) is 49.4 Å². The Morgan fingerprint density at radius 1 is 1.12 bits per heavy atom. The fourth-order valence-electron chi connectivity index (χ4n) is 4.78. The van der Waals surface area contributed by atoms with E-state index >= 15 is 0 Å². The predicted octanol–water partition coefficient (Wildman–Crippen LogP) is 3.65. The molecule has 11 heteroatoms. The van der Waals surface area contributed by atoms with Crippen LogP contribution in [0, 0.1) is 18.7 Å². The first kappa shape index (κ1) is 25.5. The highest BCUT2D eigenvalue weighted by atomic mass is 19.1. The quantitative estimate of drug-likeness (QED) is 0.320. The Morgan fingerprint density at radius 3 is 2.55 bits per heavy atom. The van der Waals surface area contributed by atoms with Gasteiger partial charge in [0.15, 0.2) is 5.65 Å². The van der Waals surface area contributed by atoms with E-state index < -0.39 is 17.1 Å². The minimum absolute atomic E-state index is 0.165. The second-order valence-corrected chi connectivity index (χ2v) is 10.2. The normalized spacial score (nSPS) is 13.2. The third-order valence-corrected chi connectivity index (χ3v) is 7.31. The van der Waals surface area contributed by atoms with Crippen LogP contribution in [-0.2, 0) is 19.5 Å². The number of nitrogens with zero attached hydrogens (tertiary/aromatic N) is 5. The summed E-state index contributed by atoms with van der Waals surface area (Å²) < 4.78 is 21.8. The molecule has 0 aliphatic heterocycles. The number of anilines is 1. The van der Waals surface area contributed by atoms with E-state index in [1.807, 2.05) is 24.3 Å². The largest absolute Gasteiger partial charge is 0.364 e.